The van der Waals surface area contributed by atoms with Crippen molar-refractivity contribution < 1.29 is 64.7 Å². The van der Waals surface area contributed by atoms with Gasteiger partial charge in [0.25, 0.3) is 5.97 Å². The second-order valence-corrected chi connectivity index (χ2v) is 0.519. The predicted octanol–water partition coefficient (Wildman–Crippen LogP) is -5.68. The average Bonchev–Trinajstić information content (AvgIpc) is 0.811. The van der Waals surface area contributed by atoms with Gasteiger partial charge in [-0.25, -0.2) is 0 Å². The Morgan fingerprint density at radius 1 is 0.833 bits per heavy atom. The van der Waals surface area contributed by atoms with E-state index < -0.39 is 5.97 Å². The van der Waals surface area contributed by atoms with Gasteiger partial charge >= 0.3 is 0 Å². The minimum absolute atomic E-state index is 0. The van der Waals surface area contributed by atoms with Crippen LogP contribution in [0.3, 0.4) is 0 Å². The van der Waals surface area contributed by atoms with Crippen molar-refractivity contribution in [3.63, 3.8) is 0 Å². The van der Waals surface area contributed by atoms with Crippen molar-refractivity contribution >= 4 is 5.97 Å². The summed E-state index contributed by atoms with van der Waals surface area (Å²) in [5.41, 5.74) is 0. The van der Waals surface area contributed by atoms with E-state index in [0.717, 1.165) is 6.92 Å². The van der Waals surface area contributed by atoms with E-state index in [9.17, 15) is 0 Å². The summed E-state index contributed by atoms with van der Waals surface area (Å²) in [7, 11) is 0. The molecule has 0 aromatic heterocycles. The normalized spacial score (nSPS) is 2.08. The molecular weight excluding hydrogens is 227 g/mol. The van der Waals surface area contributed by atoms with Crippen molar-refractivity contribution in [2.45, 2.75) is 6.92 Å². The van der Waals surface area contributed by atoms with Crippen LogP contribution in [-0.2, 0) is 21.3 Å². The molecule has 0 rings (SSSR count). The van der Waals surface area contributed by atoms with Gasteiger partial charge in [0.05, 0.1) is 0 Å². The van der Waals surface area contributed by atoms with Crippen LogP contribution in [0.25, 0.3) is 0 Å². The molecule has 12 heavy (non-hydrogen) atoms. The largest absolute Gasteiger partial charge is 0.481 e. The minimum Gasteiger partial charge on any atom is -0.481 e. The quantitative estimate of drug-likeness (QED) is 0.408. The van der Waals surface area contributed by atoms with E-state index in [1.54, 1.807) is 0 Å². The standard InChI is InChI=1S/C2H4O2.Ni.7H2O/c1-2(3)4;;;;;;;;/h1H3,(H,3,4);;7*1H2. The minimum atomic E-state index is -0.833. The smallest absolute Gasteiger partial charge is 0.300 e. The van der Waals surface area contributed by atoms with Crippen molar-refractivity contribution in [3.8, 4) is 0 Å². The third-order valence-corrected chi connectivity index (χ3v) is 0. The molecule has 0 fully saturated rings. The number of hydrogen-bond acceptors (Lipinski definition) is 1. The first-order valence-corrected chi connectivity index (χ1v) is 0.928. The molecule has 0 saturated heterocycles. The number of rotatable bonds is 0. The van der Waals surface area contributed by atoms with Crippen LogP contribution in [0.15, 0.2) is 0 Å². The van der Waals surface area contributed by atoms with Gasteiger partial charge in [-0.05, 0) is 0 Å². The van der Waals surface area contributed by atoms with Crippen LogP contribution in [0.1, 0.15) is 6.92 Å². The van der Waals surface area contributed by atoms with Crippen molar-refractivity contribution in [2.75, 3.05) is 0 Å². The SMILES string of the molecule is CC(=O)O.O.O.O.O.O.O.O.[Ni]. The van der Waals surface area contributed by atoms with Gasteiger partial charge in [-0.1, -0.05) is 0 Å². The van der Waals surface area contributed by atoms with Crippen LogP contribution in [0.5, 0.6) is 0 Å². The summed E-state index contributed by atoms with van der Waals surface area (Å²) >= 11 is 0. The molecule has 0 aliphatic heterocycles. The van der Waals surface area contributed by atoms with Crippen LogP contribution in [0.4, 0.5) is 0 Å². The Morgan fingerprint density at radius 2 is 0.833 bits per heavy atom. The molecular formula is C2H18NiO9. The fourth-order valence-electron chi connectivity index (χ4n) is 0. The number of hydrogen-bond donors (Lipinski definition) is 1. The maximum absolute atomic E-state index is 9.00. The Balaban J connectivity index is -0.00000000161. The Labute approximate surface area is 78.5 Å². The van der Waals surface area contributed by atoms with E-state index >= 15 is 0 Å². The molecule has 0 amide bonds. The molecule has 0 aliphatic carbocycles. The van der Waals surface area contributed by atoms with Gasteiger partial charge in [-0.2, -0.15) is 0 Å². The van der Waals surface area contributed by atoms with Gasteiger partial charge < -0.3 is 43.4 Å². The Bertz CT molecular complexity index is 35.5. The molecule has 0 saturated carbocycles. The fourth-order valence-corrected chi connectivity index (χ4v) is 0. The zero-order chi connectivity index (χ0) is 3.58. The van der Waals surface area contributed by atoms with Crippen LogP contribution in [0, 0.1) is 0 Å². The van der Waals surface area contributed by atoms with Crippen LogP contribution >= 0.6 is 0 Å². The van der Waals surface area contributed by atoms with Crippen LogP contribution in [0.2, 0.25) is 0 Å². The Morgan fingerprint density at radius 3 is 0.833 bits per heavy atom. The summed E-state index contributed by atoms with van der Waals surface area (Å²) in [6.07, 6.45) is 0. The molecule has 0 radical (unpaired) electrons. The predicted molar refractivity (Wildman–Crippen MR) is 38.6 cm³/mol. The molecule has 10 heteroatoms. The second-order valence-electron chi connectivity index (χ2n) is 0.519. The van der Waals surface area contributed by atoms with E-state index in [1.165, 1.54) is 0 Å². The molecule has 0 spiro atoms. The van der Waals surface area contributed by atoms with Gasteiger partial charge in [0, 0.05) is 23.4 Å². The molecule has 0 aliphatic rings. The van der Waals surface area contributed by atoms with Gasteiger partial charge in [-0.3, -0.25) is 4.79 Å². The molecule has 0 atom stereocenters. The van der Waals surface area contributed by atoms with Gasteiger partial charge in [0.2, 0.25) is 0 Å². The van der Waals surface area contributed by atoms with Crippen molar-refractivity contribution in [1.82, 2.24) is 0 Å². The summed E-state index contributed by atoms with van der Waals surface area (Å²) in [4.78, 5) is 9.00. The first-order valence-electron chi connectivity index (χ1n) is 0.928. The van der Waals surface area contributed by atoms with E-state index in [-0.39, 0.29) is 54.8 Å². The monoisotopic (exact) mass is 244 g/mol. The first-order chi connectivity index (χ1) is 1.73. The van der Waals surface area contributed by atoms with Gasteiger partial charge in [0.1, 0.15) is 0 Å². The molecule has 0 aromatic carbocycles. The van der Waals surface area contributed by atoms with E-state index in [2.05, 4.69) is 0 Å². The Hall–Kier alpha value is -0.316. The summed E-state index contributed by atoms with van der Waals surface area (Å²) in [6, 6.07) is 0. The number of carbonyl (C=O) groups is 1. The third kappa shape index (κ3) is 7290. The van der Waals surface area contributed by atoms with Crippen LogP contribution in [-0.4, -0.2) is 49.4 Å². The topological polar surface area (TPSA) is 258 Å². The number of aliphatic carboxylic acids is 1. The number of carboxylic acids is 1. The maximum atomic E-state index is 9.00. The molecule has 90 valence electrons. The van der Waals surface area contributed by atoms with Gasteiger partial charge in [-0.15, -0.1) is 0 Å². The summed E-state index contributed by atoms with van der Waals surface area (Å²) in [6.45, 7) is 1.08. The second kappa shape index (κ2) is 139. The molecule has 0 aromatic rings. The van der Waals surface area contributed by atoms with Gasteiger partial charge in [0.15, 0.2) is 0 Å². The van der Waals surface area contributed by atoms with E-state index in [1.807, 2.05) is 0 Å². The fraction of sp³-hybridized carbons (Fsp3) is 0.500. The number of carboxylic acid groups (broad SMARTS) is 1. The summed E-state index contributed by atoms with van der Waals surface area (Å²) in [5, 5.41) is 7.42. The molecule has 9 nitrogen and oxygen atoms in total. The zero-order valence-electron chi connectivity index (χ0n) is 6.17. The zero-order valence-corrected chi connectivity index (χ0v) is 7.16. The third-order valence-electron chi connectivity index (χ3n) is 0. The first kappa shape index (κ1) is 185. The van der Waals surface area contributed by atoms with Crippen molar-refractivity contribution in [2.24, 2.45) is 0 Å². The molecule has 15 N–H and O–H groups in total. The summed E-state index contributed by atoms with van der Waals surface area (Å²) < 4.78 is 0. The van der Waals surface area contributed by atoms with Crippen molar-refractivity contribution in [1.29, 1.82) is 0 Å². The van der Waals surface area contributed by atoms with E-state index in [0.29, 0.717) is 0 Å². The maximum Gasteiger partial charge on any atom is 0.300 e. The summed E-state index contributed by atoms with van der Waals surface area (Å²) in [5.74, 6) is -0.833. The molecule has 0 bridgehead atoms. The van der Waals surface area contributed by atoms with E-state index in [4.69, 9.17) is 9.90 Å². The van der Waals surface area contributed by atoms with Crippen molar-refractivity contribution in [3.05, 3.63) is 0 Å². The average molecular weight is 245 g/mol. The Kier molecular flexibility index (Phi) is 2150. The molecule has 0 unspecified atom stereocenters. The van der Waals surface area contributed by atoms with Crippen LogP contribution < -0.4 is 0 Å². The molecule has 0 heterocycles.